The van der Waals surface area contributed by atoms with E-state index in [0.717, 1.165) is 38.0 Å². The van der Waals surface area contributed by atoms with Crippen LogP contribution in [0.1, 0.15) is 24.0 Å². The first-order valence-electron chi connectivity index (χ1n) is 7.36. The highest BCUT2D eigenvalue weighted by Gasteiger charge is 2.24. The summed E-state index contributed by atoms with van der Waals surface area (Å²) in [5.74, 6) is 6.01. The van der Waals surface area contributed by atoms with Crippen LogP contribution in [0, 0.1) is 17.8 Å². The molecule has 1 fully saturated rings. The van der Waals surface area contributed by atoms with Gasteiger partial charge in [0.1, 0.15) is 6.61 Å². The molecule has 0 atom stereocenters. The van der Waals surface area contributed by atoms with Gasteiger partial charge in [0.25, 0.3) is 0 Å². The lowest BCUT2D eigenvalue weighted by Gasteiger charge is -2.31. The van der Waals surface area contributed by atoms with Crippen molar-refractivity contribution in [3.8, 4) is 11.8 Å². The van der Waals surface area contributed by atoms with Crippen LogP contribution in [-0.4, -0.2) is 42.7 Å². The molecule has 4 nitrogen and oxygen atoms in total. The summed E-state index contributed by atoms with van der Waals surface area (Å²) in [6.45, 7) is 2.59. The number of rotatable bonds is 3. The highest BCUT2D eigenvalue weighted by molar-refractivity contribution is 5.78. The van der Waals surface area contributed by atoms with Crippen molar-refractivity contribution in [2.75, 3.05) is 26.7 Å². The maximum atomic E-state index is 11.6. The third kappa shape index (κ3) is 4.32. The zero-order valence-corrected chi connectivity index (χ0v) is 12.4. The van der Waals surface area contributed by atoms with Crippen molar-refractivity contribution < 1.29 is 9.90 Å². The van der Waals surface area contributed by atoms with Crippen LogP contribution in [-0.2, 0) is 11.3 Å². The predicted molar refractivity (Wildman–Crippen MR) is 82.5 cm³/mol. The average molecular weight is 286 g/mol. The minimum atomic E-state index is -0.119. The normalized spacial score (nSPS) is 16.1. The number of carbonyl (C=O) groups is 1. The molecule has 0 unspecified atom stereocenters. The number of piperidine rings is 1. The second-order valence-electron chi connectivity index (χ2n) is 5.28. The predicted octanol–water partition coefficient (Wildman–Crippen LogP) is 0.988. The molecule has 1 aromatic carbocycles. The molecule has 1 heterocycles. The number of aliphatic hydroxyl groups is 1. The summed E-state index contributed by atoms with van der Waals surface area (Å²) < 4.78 is 0. The first kappa shape index (κ1) is 15.6. The molecule has 0 aromatic heterocycles. The molecular formula is C17H22N2O2. The van der Waals surface area contributed by atoms with Gasteiger partial charge >= 0.3 is 0 Å². The molecule has 1 aliphatic heterocycles. The number of nitrogens with one attached hydrogen (secondary N) is 1. The minimum Gasteiger partial charge on any atom is -0.384 e. The molecule has 2 N–H and O–H groups in total. The number of likely N-dealkylation sites (tertiary alicyclic amines) is 1. The number of carbonyl (C=O) groups excluding carboxylic acids is 1. The fourth-order valence-corrected chi connectivity index (χ4v) is 2.71. The molecule has 0 saturated carbocycles. The second-order valence-corrected chi connectivity index (χ2v) is 5.28. The quantitative estimate of drug-likeness (QED) is 0.815. The van der Waals surface area contributed by atoms with E-state index >= 15 is 0 Å². The number of amides is 1. The maximum absolute atomic E-state index is 11.6. The minimum absolute atomic E-state index is 0.119. The van der Waals surface area contributed by atoms with Crippen molar-refractivity contribution in [1.82, 2.24) is 10.2 Å². The Balaban J connectivity index is 1.96. The highest BCUT2D eigenvalue weighted by atomic mass is 16.2. The summed E-state index contributed by atoms with van der Waals surface area (Å²) in [6.07, 6.45) is 1.81. The number of aliphatic hydroxyl groups excluding tert-OH is 1. The summed E-state index contributed by atoms with van der Waals surface area (Å²) in [5.41, 5.74) is 2.15. The number of nitrogens with zero attached hydrogens (tertiary/aromatic N) is 1. The Kier molecular flexibility index (Phi) is 5.79. The van der Waals surface area contributed by atoms with Gasteiger partial charge in [-0.05, 0) is 37.6 Å². The molecule has 0 spiro atoms. The van der Waals surface area contributed by atoms with E-state index in [1.165, 1.54) is 5.56 Å². The standard InChI is InChI=1S/C17H22N2O2/c1-18-17(21)15-8-10-19(11-9-15)13-16-6-3-2-5-14(16)7-4-12-20/h2-3,5-6,15,20H,8-13H2,1H3,(H,18,21). The maximum Gasteiger partial charge on any atom is 0.222 e. The molecule has 0 bridgehead atoms. The van der Waals surface area contributed by atoms with Crippen LogP contribution in [0.15, 0.2) is 24.3 Å². The smallest absolute Gasteiger partial charge is 0.222 e. The van der Waals surface area contributed by atoms with Gasteiger partial charge in [0.05, 0.1) is 0 Å². The molecule has 1 aliphatic rings. The highest BCUT2D eigenvalue weighted by Crippen LogP contribution is 2.20. The van der Waals surface area contributed by atoms with Crippen molar-refractivity contribution in [1.29, 1.82) is 0 Å². The summed E-state index contributed by atoms with van der Waals surface area (Å²) >= 11 is 0. The third-order valence-electron chi connectivity index (χ3n) is 3.92. The van der Waals surface area contributed by atoms with Crippen LogP contribution in [0.2, 0.25) is 0 Å². The molecule has 2 rings (SSSR count). The van der Waals surface area contributed by atoms with E-state index in [9.17, 15) is 4.79 Å². The Labute approximate surface area is 126 Å². The molecule has 1 saturated heterocycles. The van der Waals surface area contributed by atoms with Gasteiger partial charge < -0.3 is 10.4 Å². The first-order valence-corrected chi connectivity index (χ1v) is 7.36. The summed E-state index contributed by atoms with van der Waals surface area (Å²) in [4.78, 5) is 14.0. The van der Waals surface area contributed by atoms with Crippen LogP contribution >= 0.6 is 0 Å². The van der Waals surface area contributed by atoms with E-state index in [2.05, 4.69) is 28.1 Å². The SMILES string of the molecule is CNC(=O)C1CCN(Cc2ccccc2C#CCO)CC1. The van der Waals surface area contributed by atoms with Crippen LogP contribution in [0.5, 0.6) is 0 Å². The zero-order chi connectivity index (χ0) is 15.1. The van der Waals surface area contributed by atoms with E-state index in [-0.39, 0.29) is 18.4 Å². The molecule has 112 valence electrons. The lowest BCUT2D eigenvalue weighted by atomic mass is 9.95. The summed E-state index contributed by atoms with van der Waals surface area (Å²) in [7, 11) is 1.70. The van der Waals surface area contributed by atoms with E-state index in [1.807, 2.05) is 18.2 Å². The van der Waals surface area contributed by atoms with Gasteiger partial charge in [-0.3, -0.25) is 9.69 Å². The Hall–Kier alpha value is -1.83. The Morgan fingerprint density at radius 1 is 1.38 bits per heavy atom. The molecular weight excluding hydrogens is 264 g/mol. The van der Waals surface area contributed by atoms with E-state index < -0.39 is 0 Å². The largest absolute Gasteiger partial charge is 0.384 e. The summed E-state index contributed by atoms with van der Waals surface area (Å²) in [6, 6.07) is 8.03. The van der Waals surface area contributed by atoms with Gasteiger partial charge in [-0.2, -0.15) is 0 Å². The molecule has 4 heteroatoms. The first-order chi connectivity index (χ1) is 10.2. The molecule has 1 amide bonds. The van der Waals surface area contributed by atoms with Crippen molar-refractivity contribution >= 4 is 5.91 Å². The fraction of sp³-hybridized carbons (Fsp3) is 0.471. The fourth-order valence-electron chi connectivity index (χ4n) is 2.71. The Morgan fingerprint density at radius 3 is 2.76 bits per heavy atom. The van der Waals surface area contributed by atoms with Gasteiger partial charge in [-0.25, -0.2) is 0 Å². The van der Waals surface area contributed by atoms with Crippen LogP contribution in [0.3, 0.4) is 0 Å². The number of hydrogen-bond donors (Lipinski definition) is 2. The van der Waals surface area contributed by atoms with Crippen LogP contribution in [0.25, 0.3) is 0 Å². The van der Waals surface area contributed by atoms with Gasteiger partial charge in [0, 0.05) is 25.1 Å². The van der Waals surface area contributed by atoms with Gasteiger partial charge in [-0.15, -0.1) is 0 Å². The zero-order valence-electron chi connectivity index (χ0n) is 12.4. The topological polar surface area (TPSA) is 52.6 Å². The number of hydrogen-bond acceptors (Lipinski definition) is 3. The lowest BCUT2D eigenvalue weighted by Crippen LogP contribution is -2.39. The van der Waals surface area contributed by atoms with Crippen molar-refractivity contribution in [3.05, 3.63) is 35.4 Å². The molecule has 0 radical (unpaired) electrons. The third-order valence-corrected chi connectivity index (χ3v) is 3.92. The average Bonchev–Trinajstić information content (AvgIpc) is 2.54. The second kappa shape index (κ2) is 7.82. The molecule has 0 aliphatic carbocycles. The van der Waals surface area contributed by atoms with Crippen molar-refractivity contribution in [3.63, 3.8) is 0 Å². The molecule has 1 aromatic rings. The molecule has 21 heavy (non-hydrogen) atoms. The van der Waals surface area contributed by atoms with E-state index in [1.54, 1.807) is 7.05 Å². The van der Waals surface area contributed by atoms with Crippen molar-refractivity contribution in [2.45, 2.75) is 19.4 Å². The number of benzene rings is 1. The lowest BCUT2D eigenvalue weighted by molar-refractivity contribution is -0.125. The van der Waals surface area contributed by atoms with E-state index in [4.69, 9.17) is 5.11 Å². The van der Waals surface area contributed by atoms with Gasteiger partial charge in [0.15, 0.2) is 0 Å². The monoisotopic (exact) mass is 286 g/mol. The Bertz CT molecular complexity index is 537. The van der Waals surface area contributed by atoms with Gasteiger partial charge in [-0.1, -0.05) is 30.0 Å². The summed E-state index contributed by atoms with van der Waals surface area (Å²) in [5, 5.41) is 11.6. The van der Waals surface area contributed by atoms with Gasteiger partial charge in [0.2, 0.25) is 5.91 Å². The van der Waals surface area contributed by atoms with Crippen LogP contribution in [0.4, 0.5) is 0 Å². The Morgan fingerprint density at radius 2 is 2.10 bits per heavy atom. The van der Waals surface area contributed by atoms with E-state index in [0.29, 0.717) is 0 Å². The van der Waals surface area contributed by atoms with Crippen molar-refractivity contribution in [2.24, 2.45) is 5.92 Å². The van der Waals surface area contributed by atoms with Crippen LogP contribution < -0.4 is 5.32 Å².